The third kappa shape index (κ3) is 9.88. The van der Waals surface area contributed by atoms with Gasteiger partial charge in [-0.2, -0.15) is 0 Å². The number of urea groups is 1. The Balaban J connectivity index is 3.72. The average Bonchev–Trinajstić information content (AvgIpc) is 2.23. The van der Waals surface area contributed by atoms with Gasteiger partial charge < -0.3 is 15.3 Å². The number of nitrogens with zero attached hydrogens (tertiary/aromatic N) is 1. The highest BCUT2D eigenvalue weighted by Gasteiger charge is 2.10. The van der Waals surface area contributed by atoms with E-state index in [9.17, 15) is 18.0 Å². The van der Waals surface area contributed by atoms with Crippen molar-refractivity contribution >= 4 is 21.8 Å². The number of nitrogens with one attached hydrogen (secondary N) is 1. The topological polar surface area (TPSA) is 104 Å². The second kappa shape index (κ2) is 7.91. The molecule has 0 aromatic carbocycles. The zero-order valence-corrected chi connectivity index (χ0v) is 11.5. The largest absolute Gasteiger partial charge is 0.481 e. The highest BCUT2D eigenvalue weighted by atomic mass is 32.2. The molecule has 18 heavy (non-hydrogen) atoms. The van der Waals surface area contributed by atoms with Crippen molar-refractivity contribution in [3.63, 3.8) is 0 Å². The van der Waals surface area contributed by atoms with Gasteiger partial charge in [0.15, 0.2) is 0 Å². The lowest BCUT2D eigenvalue weighted by molar-refractivity contribution is -0.137. The molecule has 8 heteroatoms. The van der Waals surface area contributed by atoms with E-state index in [0.29, 0.717) is 19.4 Å². The molecule has 0 unspecified atom stereocenters. The number of carbonyl (C=O) groups excluding carboxylic acids is 1. The molecule has 0 fully saturated rings. The number of amides is 2. The van der Waals surface area contributed by atoms with Gasteiger partial charge in [-0.1, -0.05) is 0 Å². The Morgan fingerprint density at radius 3 is 2.39 bits per heavy atom. The van der Waals surface area contributed by atoms with E-state index in [4.69, 9.17) is 5.11 Å². The Hall–Kier alpha value is -1.31. The molecule has 0 rings (SSSR count). The van der Waals surface area contributed by atoms with E-state index in [1.54, 1.807) is 0 Å². The molecule has 106 valence electrons. The third-order valence-corrected chi connectivity index (χ3v) is 3.16. The molecule has 0 spiro atoms. The number of hydrogen-bond acceptors (Lipinski definition) is 4. The smallest absolute Gasteiger partial charge is 0.317 e. The summed E-state index contributed by atoms with van der Waals surface area (Å²) in [5.74, 6) is -0.928. The summed E-state index contributed by atoms with van der Waals surface area (Å²) in [6, 6.07) is -0.353. The second-order valence-electron chi connectivity index (χ2n) is 4.13. The molecule has 2 amide bonds. The Labute approximate surface area is 107 Å². The molecule has 7 nitrogen and oxygen atoms in total. The molecule has 0 aromatic rings. The number of rotatable bonds is 8. The Bertz CT molecular complexity index is 380. The van der Waals surface area contributed by atoms with Crippen LogP contribution >= 0.6 is 0 Å². The molecule has 2 N–H and O–H groups in total. The molecule has 0 bridgehead atoms. The maximum atomic E-state index is 11.5. The van der Waals surface area contributed by atoms with Gasteiger partial charge in [-0.25, -0.2) is 13.2 Å². The maximum absolute atomic E-state index is 11.5. The van der Waals surface area contributed by atoms with E-state index >= 15 is 0 Å². The summed E-state index contributed by atoms with van der Waals surface area (Å²) in [5, 5.41) is 11.0. The molecule has 0 saturated heterocycles. The van der Waals surface area contributed by atoms with Crippen LogP contribution in [0.4, 0.5) is 4.79 Å². The van der Waals surface area contributed by atoms with Crippen LogP contribution in [0.1, 0.15) is 19.3 Å². The minimum atomic E-state index is -3.08. The van der Waals surface area contributed by atoms with Crippen LogP contribution in [0, 0.1) is 0 Å². The van der Waals surface area contributed by atoms with Crippen molar-refractivity contribution in [2.24, 2.45) is 0 Å². The zero-order chi connectivity index (χ0) is 14.2. The molecule has 0 aliphatic carbocycles. The van der Waals surface area contributed by atoms with Gasteiger partial charge in [0.25, 0.3) is 0 Å². The van der Waals surface area contributed by atoms with Crippen molar-refractivity contribution in [3.05, 3.63) is 0 Å². The SMILES string of the molecule is CN(CCS(C)(=O)=O)C(=O)NCCCCC(=O)O. The second-order valence-corrected chi connectivity index (χ2v) is 6.39. The number of aliphatic carboxylic acids is 1. The number of sulfone groups is 1. The number of hydrogen-bond donors (Lipinski definition) is 2. The lowest BCUT2D eigenvalue weighted by atomic mass is 10.2. The molecule has 0 aliphatic heterocycles. The van der Waals surface area contributed by atoms with Crippen LogP contribution in [0.3, 0.4) is 0 Å². The van der Waals surface area contributed by atoms with Crippen LogP contribution < -0.4 is 5.32 Å². The quantitative estimate of drug-likeness (QED) is 0.606. The highest BCUT2D eigenvalue weighted by Crippen LogP contribution is 1.94. The third-order valence-electron chi connectivity index (χ3n) is 2.24. The van der Waals surface area contributed by atoms with E-state index in [1.807, 2.05) is 0 Å². The first-order chi connectivity index (χ1) is 8.22. The van der Waals surface area contributed by atoms with E-state index in [-0.39, 0.29) is 24.7 Å². The van der Waals surface area contributed by atoms with Gasteiger partial charge in [0.1, 0.15) is 9.84 Å². The van der Waals surface area contributed by atoms with Gasteiger partial charge in [0, 0.05) is 32.8 Å². The fourth-order valence-corrected chi connectivity index (χ4v) is 1.74. The molecule has 0 heterocycles. The molecule has 0 saturated carbocycles. The van der Waals surface area contributed by atoms with Crippen molar-refractivity contribution in [1.82, 2.24) is 10.2 Å². The molecule has 0 radical (unpaired) electrons. The summed E-state index contributed by atoms with van der Waals surface area (Å²) >= 11 is 0. The van der Waals surface area contributed by atoms with Gasteiger partial charge in [0.2, 0.25) is 0 Å². The van der Waals surface area contributed by atoms with Gasteiger partial charge >= 0.3 is 12.0 Å². The van der Waals surface area contributed by atoms with Gasteiger partial charge in [0.05, 0.1) is 5.75 Å². The number of carboxylic acids is 1. The van der Waals surface area contributed by atoms with Crippen molar-refractivity contribution < 1.29 is 23.1 Å². The molecule has 0 aliphatic rings. The Kier molecular flexibility index (Phi) is 7.33. The Morgan fingerprint density at radius 1 is 1.28 bits per heavy atom. The van der Waals surface area contributed by atoms with Crippen molar-refractivity contribution in [3.8, 4) is 0 Å². The van der Waals surface area contributed by atoms with Crippen molar-refractivity contribution in [2.45, 2.75) is 19.3 Å². The lowest BCUT2D eigenvalue weighted by Gasteiger charge is -2.17. The van der Waals surface area contributed by atoms with E-state index in [1.165, 1.54) is 11.9 Å². The van der Waals surface area contributed by atoms with Crippen LogP contribution in [0.2, 0.25) is 0 Å². The minimum Gasteiger partial charge on any atom is -0.481 e. The first-order valence-corrected chi connectivity index (χ1v) is 7.67. The van der Waals surface area contributed by atoms with Crippen molar-refractivity contribution in [1.29, 1.82) is 0 Å². The molecular weight excluding hydrogens is 260 g/mol. The normalized spacial score (nSPS) is 11.0. The van der Waals surface area contributed by atoms with Crippen LogP contribution in [-0.4, -0.2) is 62.6 Å². The summed E-state index contributed by atoms with van der Waals surface area (Å²) in [4.78, 5) is 23.0. The molecule has 0 atom stereocenters. The highest BCUT2D eigenvalue weighted by molar-refractivity contribution is 7.90. The summed E-state index contributed by atoms with van der Waals surface area (Å²) in [5.41, 5.74) is 0. The number of carbonyl (C=O) groups is 2. The van der Waals surface area contributed by atoms with Crippen LogP contribution in [0.25, 0.3) is 0 Å². The van der Waals surface area contributed by atoms with Gasteiger partial charge in [-0.3, -0.25) is 4.79 Å². The predicted molar refractivity (Wildman–Crippen MR) is 67.2 cm³/mol. The summed E-state index contributed by atoms with van der Waals surface area (Å²) in [6.07, 6.45) is 2.28. The van der Waals surface area contributed by atoms with Crippen LogP contribution in [0.5, 0.6) is 0 Å². The van der Waals surface area contributed by atoms with E-state index in [0.717, 1.165) is 6.26 Å². The minimum absolute atomic E-state index is 0.0735. The first-order valence-electron chi connectivity index (χ1n) is 5.61. The number of carboxylic acid groups (broad SMARTS) is 1. The van der Waals surface area contributed by atoms with Gasteiger partial charge in [-0.15, -0.1) is 0 Å². The summed E-state index contributed by atoms with van der Waals surface area (Å²) < 4.78 is 21.8. The number of unbranched alkanes of at least 4 members (excludes halogenated alkanes) is 1. The monoisotopic (exact) mass is 280 g/mol. The van der Waals surface area contributed by atoms with E-state index < -0.39 is 15.8 Å². The first kappa shape index (κ1) is 16.7. The van der Waals surface area contributed by atoms with E-state index in [2.05, 4.69) is 5.32 Å². The molecule has 0 aromatic heterocycles. The fraction of sp³-hybridized carbons (Fsp3) is 0.800. The van der Waals surface area contributed by atoms with Crippen molar-refractivity contribution in [2.75, 3.05) is 32.1 Å². The lowest BCUT2D eigenvalue weighted by Crippen LogP contribution is -2.40. The van der Waals surface area contributed by atoms with Crippen LogP contribution in [0.15, 0.2) is 0 Å². The Morgan fingerprint density at radius 2 is 1.89 bits per heavy atom. The fourth-order valence-electron chi connectivity index (χ4n) is 1.14. The average molecular weight is 280 g/mol. The summed E-state index contributed by atoms with van der Waals surface area (Å²) in [6.45, 7) is 0.523. The summed E-state index contributed by atoms with van der Waals surface area (Å²) in [7, 11) is -1.57. The standard InChI is InChI=1S/C10H20N2O5S/c1-12(7-8-18(2,16)17)10(15)11-6-4-3-5-9(13)14/h3-8H2,1-2H3,(H,11,15)(H,13,14). The predicted octanol–water partition coefficient (Wildman–Crippen LogP) is -0.0727. The van der Waals surface area contributed by atoms with Crippen LogP contribution in [-0.2, 0) is 14.6 Å². The molecular formula is C10H20N2O5S. The zero-order valence-electron chi connectivity index (χ0n) is 10.7. The van der Waals surface area contributed by atoms with Gasteiger partial charge in [-0.05, 0) is 12.8 Å². The maximum Gasteiger partial charge on any atom is 0.317 e.